The minimum atomic E-state index is -0.422. The van der Waals surface area contributed by atoms with E-state index in [4.69, 9.17) is 4.74 Å². The molecular weight excluding hydrogens is 268 g/mol. The molecule has 1 saturated carbocycles. The number of nitriles is 1. The Hall–Kier alpha value is -2.09. The summed E-state index contributed by atoms with van der Waals surface area (Å²) in [5.74, 6) is 1.06. The zero-order valence-corrected chi connectivity index (χ0v) is 12.5. The summed E-state index contributed by atoms with van der Waals surface area (Å²) in [5.41, 5.74) is 0.433. The van der Waals surface area contributed by atoms with Crippen molar-refractivity contribution in [2.24, 2.45) is 11.3 Å². The summed E-state index contributed by atoms with van der Waals surface area (Å²) < 4.78 is 5.13. The molecule has 2 rings (SSSR count). The standard InChI is InChI=1S/C16H20N2O3/c1-3-12-4-5-16(9-12,11-17)10-13-6-14(18(19)20)8-15(7-13)21-2/h6-8,12H,3-5,9-10H2,1-2H3. The second kappa shape index (κ2) is 6.13. The Labute approximate surface area is 124 Å². The Bertz CT molecular complexity index is 579. The molecule has 0 radical (unpaired) electrons. The number of nitrogens with zero attached hydrogens (tertiary/aromatic N) is 2. The average Bonchev–Trinajstić information content (AvgIpc) is 2.90. The van der Waals surface area contributed by atoms with Crippen LogP contribution >= 0.6 is 0 Å². The van der Waals surface area contributed by atoms with E-state index in [1.807, 2.05) is 0 Å². The lowest BCUT2D eigenvalue weighted by Gasteiger charge is -2.21. The van der Waals surface area contributed by atoms with Gasteiger partial charge in [0.05, 0.1) is 29.6 Å². The fourth-order valence-corrected chi connectivity index (χ4v) is 3.25. The summed E-state index contributed by atoms with van der Waals surface area (Å²) in [5, 5.41) is 20.6. The highest BCUT2D eigenvalue weighted by Crippen LogP contribution is 2.45. The summed E-state index contributed by atoms with van der Waals surface area (Å²) in [6, 6.07) is 7.23. The number of hydrogen-bond donors (Lipinski definition) is 0. The van der Waals surface area contributed by atoms with Gasteiger partial charge in [0.25, 0.3) is 5.69 Å². The van der Waals surface area contributed by atoms with Crippen LogP contribution in [0.2, 0.25) is 0 Å². The third kappa shape index (κ3) is 3.33. The van der Waals surface area contributed by atoms with Gasteiger partial charge in [0.15, 0.2) is 0 Å². The topological polar surface area (TPSA) is 76.2 Å². The van der Waals surface area contributed by atoms with Gasteiger partial charge in [-0.15, -0.1) is 0 Å². The van der Waals surface area contributed by atoms with E-state index in [0.29, 0.717) is 18.1 Å². The monoisotopic (exact) mass is 288 g/mol. The molecule has 1 fully saturated rings. The van der Waals surface area contributed by atoms with Crippen molar-refractivity contribution >= 4 is 5.69 Å². The molecule has 2 atom stereocenters. The number of hydrogen-bond acceptors (Lipinski definition) is 4. The van der Waals surface area contributed by atoms with E-state index in [9.17, 15) is 15.4 Å². The lowest BCUT2D eigenvalue weighted by atomic mass is 9.80. The highest BCUT2D eigenvalue weighted by Gasteiger charge is 2.39. The van der Waals surface area contributed by atoms with Crippen LogP contribution in [0.5, 0.6) is 5.75 Å². The van der Waals surface area contributed by atoms with Gasteiger partial charge in [-0.25, -0.2) is 0 Å². The molecule has 112 valence electrons. The SMILES string of the molecule is CCC1CCC(C#N)(Cc2cc(OC)cc([N+](=O)[O-])c2)C1. The van der Waals surface area contributed by atoms with Crippen molar-refractivity contribution in [1.29, 1.82) is 5.26 Å². The molecule has 1 aromatic rings. The lowest BCUT2D eigenvalue weighted by molar-refractivity contribution is -0.385. The lowest BCUT2D eigenvalue weighted by Crippen LogP contribution is -2.18. The minimum Gasteiger partial charge on any atom is -0.496 e. The average molecular weight is 288 g/mol. The number of non-ortho nitro benzene ring substituents is 1. The third-order valence-corrected chi connectivity index (χ3v) is 4.47. The van der Waals surface area contributed by atoms with E-state index >= 15 is 0 Å². The van der Waals surface area contributed by atoms with Crippen LogP contribution in [0.1, 0.15) is 38.2 Å². The Morgan fingerprint density at radius 2 is 2.29 bits per heavy atom. The van der Waals surface area contributed by atoms with Crippen LogP contribution in [0.15, 0.2) is 18.2 Å². The van der Waals surface area contributed by atoms with Gasteiger partial charge in [-0.2, -0.15) is 5.26 Å². The summed E-state index contributed by atoms with van der Waals surface area (Å²) in [4.78, 5) is 10.6. The second-order valence-electron chi connectivity index (χ2n) is 5.88. The molecule has 5 nitrogen and oxygen atoms in total. The summed E-state index contributed by atoms with van der Waals surface area (Å²) in [7, 11) is 1.49. The number of methoxy groups -OCH3 is 1. The largest absolute Gasteiger partial charge is 0.496 e. The predicted octanol–water partition coefficient (Wildman–Crippen LogP) is 3.87. The van der Waals surface area contributed by atoms with Gasteiger partial charge in [-0.1, -0.05) is 13.3 Å². The van der Waals surface area contributed by atoms with E-state index in [1.54, 1.807) is 12.1 Å². The molecular formula is C16H20N2O3. The smallest absolute Gasteiger partial charge is 0.273 e. The Kier molecular flexibility index (Phi) is 4.46. The molecule has 0 heterocycles. The van der Waals surface area contributed by atoms with Crippen LogP contribution < -0.4 is 4.74 Å². The fourth-order valence-electron chi connectivity index (χ4n) is 3.25. The molecule has 0 bridgehead atoms. The van der Waals surface area contributed by atoms with Gasteiger partial charge in [-0.05, 0) is 43.2 Å². The van der Waals surface area contributed by atoms with Crippen molar-refractivity contribution in [2.45, 2.75) is 39.0 Å². The molecule has 1 aliphatic carbocycles. The van der Waals surface area contributed by atoms with Gasteiger partial charge in [0.1, 0.15) is 5.75 Å². The zero-order chi connectivity index (χ0) is 15.5. The van der Waals surface area contributed by atoms with Gasteiger partial charge in [-0.3, -0.25) is 10.1 Å². The first-order valence-electron chi connectivity index (χ1n) is 7.25. The first kappa shape index (κ1) is 15.3. The van der Waals surface area contributed by atoms with Gasteiger partial charge < -0.3 is 4.74 Å². The Morgan fingerprint density at radius 1 is 1.52 bits per heavy atom. The van der Waals surface area contributed by atoms with Crippen LogP contribution in [0, 0.1) is 32.8 Å². The minimum absolute atomic E-state index is 0.0162. The fraction of sp³-hybridized carbons (Fsp3) is 0.562. The number of rotatable bonds is 5. The van der Waals surface area contributed by atoms with Crippen molar-refractivity contribution in [3.8, 4) is 11.8 Å². The molecule has 5 heteroatoms. The molecule has 0 aliphatic heterocycles. The molecule has 2 unspecified atom stereocenters. The number of nitro groups is 1. The maximum atomic E-state index is 11.0. The molecule has 0 saturated heterocycles. The van der Waals surface area contributed by atoms with Crippen molar-refractivity contribution in [3.63, 3.8) is 0 Å². The number of nitro benzene ring substituents is 1. The van der Waals surface area contributed by atoms with Gasteiger partial charge in [0, 0.05) is 6.07 Å². The predicted molar refractivity (Wildman–Crippen MR) is 79.0 cm³/mol. The second-order valence-corrected chi connectivity index (χ2v) is 5.88. The van der Waals surface area contributed by atoms with Crippen LogP contribution in [0.4, 0.5) is 5.69 Å². The van der Waals surface area contributed by atoms with E-state index in [1.165, 1.54) is 13.2 Å². The van der Waals surface area contributed by atoms with E-state index in [2.05, 4.69) is 13.0 Å². The summed E-state index contributed by atoms with van der Waals surface area (Å²) >= 11 is 0. The van der Waals surface area contributed by atoms with Crippen LogP contribution in [0.3, 0.4) is 0 Å². The Morgan fingerprint density at radius 3 is 2.81 bits per heavy atom. The maximum Gasteiger partial charge on any atom is 0.273 e. The van der Waals surface area contributed by atoms with Crippen LogP contribution in [0.25, 0.3) is 0 Å². The third-order valence-electron chi connectivity index (χ3n) is 4.47. The van der Waals surface area contributed by atoms with Crippen molar-refractivity contribution in [2.75, 3.05) is 7.11 Å². The zero-order valence-electron chi connectivity index (χ0n) is 12.5. The first-order chi connectivity index (χ1) is 10.0. The molecule has 1 aromatic carbocycles. The van der Waals surface area contributed by atoms with Crippen LogP contribution in [-0.2, 0) is 6.42 Å². The number of ether oxygens (including phenoxy) is 1. The summed E-state index contributed by atoms with van der Waals surface area (Å²) in [6.45, 7) is 2.15. The van der Waals surface area contributed by atoms with E-state index in [0.717, 1.165) is 31.2 Å². The quantitative estimate of drug-likeness (QED) is 0.608. The molecule has 0 spiro atoms. The molecule has 21 heavy (non-hydrogen) atoms. The van der Waals surface area contributed by atoms with Crippen molar-refractivity contribution < 1.29 is 9.66 Å². The molecule has 0 aromatic heterocycles. The Balaban J connectivity index is 2.28. The van der Waals surface area contributed by atoms with E-state index in [-0.39, 0.29) is 11.1 Å². The number of benzene rings is 1. The van der Waals surface area contributed by atoms with Gasteiger partial charge in [0.2, 0.25) is 0 Å². The van der Waals surface area contributed by atoms with Crippen molar-refractivity contribution in [3.05, 3.63) is 33.9 Å². The molecule has 0 amide bonds. The highest BCUT2D eigenvalue weighted by atomic mass is 16.6. The first-order valence-corrected chi connectivity index (χ1v) is 7.25. The van der Waals surface area contributed by atoms with Crippen molar-refractivity contribution in [1.82, 2.24) is 0 Å². The van der Waals surface area contributed by atoms with Crippen LogP contribution in [-0.4, -0.2) is 12.0 Å². The summed E-state index contributed by atoms with van der Waals surface area (Å²) in [6.07, 6.45) is 4.45. The highest BCUT2D eigenvalue weighted by molar-refractivity contribution is 5.43. The molecule has 1 aliphatic rings. The van der Waals surface area contributed by atoms with E-state index < -0.39 is 4.92 Å². The molecule has 0 N–H and O–H groups in total. The maximum absolute atomic E-state index is 11.0. The van der Waals surface area contributed by atoms with Gasteiger partial charge >= 0.3 is 0 Å². The normalized spacial score (nSPS) is 24.5.